The van der Waals surface area contributed by atoms with Gasteiger partial charge in [0, 0.05) is 12.0 Å². The zero-order chi connectivity index (χ0) is 12.1. The van der Waals surface area contributed by atoms with Gasteiger partial charge in [-0.2, -0.15) is 0 Å². The van der Waals surface area contributed by atoms with Crippen molar-refractivity contribution >= 4 is 0 Å². The minimum absolute atomic E-state index is 0.107. The molecule has 0 saturated heterocycles. The molecule has 1 N–H and O–H groups in total. The molecule has 0 aliphatic heterocycles. The van der Waals surface area contributed by atoms with Crippen molar-refractivity contribution in [2.45, 2.75) is 44.4 Å². The van der Waals surface area contributed by atoms with Gasteiger partial charge in [0.05, 0.1) is 0 Å². The molecule has 0 amide bonds. The monoisotopic (exact) mass is 235 g/mol. The van der Waals surface area contributed by atoms with E-state index in [-0.39, 0.29) is 11.2 Å². The number of rotatable bonds is 5. The van der Waals surface area contributed by atoms with Crippen LogP contribution in [0.25, 0.3) is 0 Å². The number of hydrogen-bond donors (Lipinski definition) is 1. The summed E-state index contributed by atoms with van der Waals surface area (Å²) in [6, 6.07) is 7.18. The molecule has 1 saturated carbocycles. The second-order valence-corrected chi connectivity index (χ2v) is 5.17. The molecule has 0 radical (unpaired) electrons. The lowest BCUT2D eigenvalue weighted by Crippen LogP contribution is -2.36. The van der Waals surface area contributed by atoms with Gasteiger partial charge in [0.2, 0.25) is 0 Å². The highest BCUT2D eigenvalue weighted by Crippen LogP contribution is 2.40. The minimum atomic E-state index is -0.107. The van der Waals surface area contributed by atoms with Gasteiger partial charge in [0.1, 0.15) is 5.82 Å². The van der Waals surface area contributed by atoms with Crippen LogP contribution in [0.3, 0.4) is 0 Å². The highest BCUT2D eigenvalue weighted by Gasteiger charge is 2.35. The third-order valence-corrected chi connectivity index (χ3v) is 3.89. The Morgan fingerprint density at radius 3 is 2.71 bits per heavy atom. The molecule has 1 fully saturated rings. The van der Waals surface area contributed by atoms with E-state index in [4.69, 9.17) is 0 Å². The second-order valence-electron chi connectivity index (χ2n) is 5.17. The summed E-state index contributed by atoms with van der Waals surface area (Å²) in [6.45, 7) is 4.22. The molecule has 0 unspecified atom stereocenters. The topological polar surface area (TPSA) is 12.0 Å². The Balaban J connectivity index is 2.15. The molecule has 1 nitrogen and oxygen atoms in total. The van der Waals surface area contributed by atoms with E-state index in [9.17, 15) is 4.39 Å². The average Bonchev–Trinajstić information content (AvgIpc) is 2.79. The molecule has 0 heterocycles. The fourth-order valence-corrected chi connectivity index (χ4v) is 2.94. The van der Waals surface area contributed by atoms with Gasteiger partial charge in [0.25, 0.3) is 0 Å². The third kappa shape index (κ3) is 2.86. The smallest absolute Gasteiger partial charge is 0.123 e. The fourth-order valence-electron chi connectivity index (χ4n) is 2.94. The summed E-state index contributed by atoms with van der Waals surface area (Å²) >= 11 is 0. The first-order valence-electron chi connectivity index (χ1n) is 6.74. The Labute approximate surface area is 103 Å². The van der Waals surface area contributed by atoms with E-state index >= 15 is 0 Å². The Morgan fingerprint density at radius 2 is 2.06 bits per heavy atom. The predicted molar refractivity (Wildman–Crippen MR) is 69.7 cm³/mol. The Bertz CT molecular complexity index is 356. The lowest BCUT2D eigenvalue weighted by atomic mass is 9.78. The van der Waals surface area contributed by atoms with E-state index in [1.54, 1.807) is 6.07 Å². The van der Waals surface area contributed by atoms with Gasteiger partial charge in [-0.1, -0.05) is 31.9 Å². The lowest BCUT2D eigenvalue weighted by molar-refractivity contribution is 0.403. The van der Waals surface area contributed by atoms with Crippen molar-refractivity contribution < 1.29 is 4.39 Å². The first-order valence-corrected chi connectivity index (χ1v) is 6.74. The van der Waals surface area contributed by atoms with Crippen LogP contribution in [0.4, 0.5) is 4.39 Å². The van der Waals surface area contributed by atoms with Crippen LogP contribution in [0.5, 0.6) is 0 Å². The molecule has 1 aromatic carbocycles. The average molecular weight is 235 g/mol. The van der Waals surface area contributed by atoms with Gasteiger partial charge < -0.3 is 5.32 Å². The van der Waals surface area contributed by atoms with Gasteiger partial charge in [-0.05, 0) is 43.5 Å². The quantitative estimate of drug-likeness (QED) is 0.768. The molecule has 2 heteroatoms. The molecule has 94 valence electrons. The standard InChI is InChI=1S/C15H22FN/c1-2-10-17-12-15(8-3-4-9-15)13-6-5-7-14(16)11-13/h5-7,11,17H,2-4,8-10,12H2,1H3. The van der Waals surface area contributed by atoms with Gasteiger partial charge in [-0.25, -0.2) is 4.39 Å². The van der Waals surface area contributed by atoms with Crippen molar-refractivity contribution in [1.82, 2.24) is 5.32 Å². The van der Waals surface area contributed by atoms with Crippen molar-refractivity contribution in [3.8, 4) is 0 Å². The molecular weight excluding hydrogens is 213 g/mol. The zero-order valence-electron chi connectivity index (χ0n) is 10.6. The number of halogens is 1. The summed E-state index contributed by atoms with van der Waals surface area (Å²) in [5.74, 6) is -0.107. The molecule has 1 aliphatic carbocycles. The number of nitrogens with one attached hydrogen (secondary N) is 1. The van der Waals surface area contributed by atoms with E-state index in [0.29, 0.717) is 0 Å². The van der Waals surface area contributed by atoms with Gasteiger partial charge in [0.15, 0.2) is 0 Å². The first kappa shape index (κ1) is 12.6. The largest absolute Gasteiger partial charge is 0.316 e. The van der Waals surface area contributed by atoms with Crippen LogP contribution in [-0.2, 0) is 5.41 Å². The second kappa shape index (κ2) is 5.63. The normalized spacial score (nSPS) is 18.5. The van der Waals surface area contributed by atoms with Gasteiger partial charge >= 0.3 is 0 Å². The van der Waals surface area contributed by atoms with E-state index in [1.165, 1.54) is 37.3 Å². The highest BCUT2D eigenvalue weighted by molar-refractivity contribution is 5.28. The van der Waals surface area contributed by atoms with Crippen LogP contribution >= 0.6 is 0 Å². The molecule has 0 aromatic heterocycles. The minimum Gasteiger partial charge on any atom is -0.316 e. The van der Waals surface area contributed by atoms with Crippen LogP contribution in [0.15, 0.2) is 24.3 Å². The van der Waals surface area contributed by atoms with E-state index < -0.39 is 0 Å². The van der Waals surface area contributed by atoms with Crippen LogP contribution in [0, 0.1) is 5.82 Å². The maximum atomic E-state index is 13.4. The van der Waals surface area contributed by atoms with Crippen molar-refractivity contribution in [1.29, 1.82) is 0 Å². The summed E-state index contributed by atoms with van der Waals surface area (Å²) in [5.41, 5.74) is 1.36. The van der Waals surface area contributed by atoms with Crippen LogP contribution in [0.2, 0.25) is 0 Å². The van der Waals surface area contributed by atoms with Crippen molar-refractivity contribution in [2.75, 3.05) is 13.1 Å². The maximum absolute atomic E-state index is 13.4. The van der Waals surface area contributed by atoms with Crippen LogP contribution in [0.1, 0.15) is 44.6 Å². The van der Waals surface area contributed by atoms with Crippen LogP contribution < -0.4 is 5.32 Å². The predicted octanol–water partition coefficient (Wildman–Crippen LogP) is 3.64. The molecule has 17 heavy (non-hydrogen) atoms. The third-order valence-electron chi connectivity index (χ3n) is 3.89. The molecule has 2 rings (SSSR count). The SMILES string of the molecule is CCCNCC1(c2cccc(F)c2)CCCC1. The number of hydrogen-bond acceptors (Lipinski definition) is 1. The maximum Gasteiger partial charge on any atom is 0.123 e. The zero-order valence-corrected chi connectivity index (χ0v) is 10.6. The molecule has 0 atom stereocenters. The molecule has 1 aromatic rings. The molecule has 0 spiro atoms. The Kier molecular flexibility index (Phi) is 4.16. The highest BCUT2D eigenvalue weighted by atomic mass is 19.1. The van der Waals surface area contributed by atoms with Crippen molar-refractivity contribution in [2.24, 2.45) is 0 Å². The Morgan fingerprint density at radius 1 is 1.29 bits per heavy atom. The fraction of sp³-hybridized carbons (Fsp3) is 0.600. The Hall–Kier alpha value is -0.890. The summed E-state index contributed by atoms with van der Waals surface area (Å²) < 4.78 is 13.4. The van der Waals surface area contributed by atoms with Crippen molar-refractivity contribution in [3.05, 3.63) is 35.6 Å². The first-order chi connectivity index (χ1) is 8.27. The molecule has 1 aliphatic rings. The van der Waals surface area contributed by atoms with E-state index in [1.807, 2.05) is 6.07 Å². The van der Waals surface area contributed by atoms with Gasteiger partial charge in [-0.15, -0.1) is 0 Å². The molecule has 0 bridgehead atoms. The van der Waals surface area contributed by atoms with Crippen LogP contribution in [-0.4, -0.2) is 13.1 Å². The lowest BCUT2D eigenvalue weighted by Gasteiger charge is -2.30. The summed E-state index contributed by atoms with van der Waals surface area (Å²) in [6.07, 6.45) is 6.06. The summed E-state index contributed by atoms with van der Waals surface area (Å²) in [7, 11) is 0. The van der Waals surface area contributed by atoms with E-state index in [0.717, 1.165) is 19.5 Å². The summed E-state index contributed by atoms with van der Waals surface area (Å²) in [4.78, 5) is 0. The van der Waals surface area contributed by atoms with Crippen molar-refractivity contribution in [3.63, 3.8) is 0 Å². The van der Waals surface area contributed by atoms with Gasteiger partial charge in [-0.3, -0.25) is 0 Å². The summed E-state index contributed by atoms with van der Waals surface area (Å²) in [5, 5.41) is 3.51. The number of benzene rings is 1. The van der Waals surface area contributed by atoms with E-state index in [2.05, 4.69) is 18.3 Å². The molecular formula is C15H22FN.